The van der Waals surface area contributed by atoms with Crippen molar-refractivity contribution in [2.45, 2.75) is 50.7 Å². The second-order valence-electron chi connectivity index (χ2n) is 8.06. The zero-order chi connectivity index (χ0) is 21.8. The standard InChI is InChI=1S/C22H30N6O3/c1-14(13-30-3)26-22-25-12-20-18(16-8-9-24-21(10-16)31-23-2)11-19(28(20)27-22)15-4-6-17(29)7-5-15/h8-12,14-15,17,23,29H,4-7,13H2,1-3H3,(H,26,27)/t14-,15-,17-/m0/s1. The van der Waals surface area contributed by atoms with Gasteiger partial charge in [-0.2, -0.15) is 5.48 Å². The van der Waals surface area contributed by atoms with E-state index in [0.29, 0.717) is 24.4 Å². The van der Waals surface area contributed by atoms with Gasteiger partial charge in [-0.1, -0.05) is 0 Å². The summed E-state index contributed by atoms with van der Waals surface area (Å²) in [7, 11) is 3.38. The lowest BCUT2D eigenvalue weighted by molar-refractivity contribution is 0.121. The van der Waals surface area contributed by atoms with Crippen LogP contribution in [0.4, 0.5) is 5.95 Å². The number of methoxy groups -OCH3 is 1. The average Bonchev–Trinajstić information content (AvgIpc) is 3.14. The Hall–Kier alpha value is -2.75. The summed E-state index contributed by atoms with van der Waals surface area (Å²) < 4.78 is 7.21. The van der Waals surface area contributed by atoms with Crippen LogP contribution in [0.25, 0.3) is 16.6 Å². The smallest absolute Gasteiger partial charge is 0.241 e. The molecule has 166 valence electrons. The van der Waals surface area contributed by atoms with E-state index in [1.54, 1.807) is 20.4 Å². The summed E-state index contributed by atoms with van der Waals surface area (Å²) in [5.41, 5.74) is 6.73. The molecule has 9 nitrogen and oxygen atoms in total. The molecule has 4 rings (SSSR count). The second-order valence-corrected chi connectivity index (χ2v) is 8.06. The number of hydrogen-bond acceptors (Lipinski definition) is 8. The molecule has 0 amide bonds. The van der Waals surface area contributed by atoms with Gasteiger partial charge in [-0.25, -0.2) is 14.5 Å². The molecule has 0 spiro atoms. The lowest BCUT2D eigenvalue weighted by Crippen LogP contribution is -2.23. The number of fused-ring (bicyclic) bond motifs is 1. The maximum Gasteiger partial charge on any atom is 0.241 e. The van der Waals surface area contributed by atoms with Gasteiger partial charge in [-0.3, -0.25) is 0 Å². The molecule has 1 aliphatic rings. The predicted octanol–water partition coefficient (Wildman–Crippen LogP) is 2.77. The zero-order valence-electron chi connectivity index (χ0n) is 18.2. The highest BCUT2D eigenvalue weighted by Gasteiger charge is 2.25. The molecule has 9 heteroatoms. The number of nitrogens with zero attached hydrogens (tertiary/aromatic N) is 4. The molecule has 1 saturated carbocycles. The molecule has 1 fully saturated rings. The Kier molecular flexibility index (Phi) is 6.64. The van der Waals surface area contributed by atoms with E-state index in [9.17, 15) is 5.11 Å². The van der Waals surface area contributed by atoms with Gasteiger partial charge in [0.25, 0.3) is 0 Å². The third-order valence-corrected chi connectivity index (χ3v) is 5.70. The average molecular weight is 427 g/mol. The minimum atomic E-state index is -0.204. The topological polar surface area (TPSA) is 106 Å². The van der Waals surface area contributed by atoms with Gasteiger partial charge in [0.05, 0.1) is 24.4 Å². The Morgan fingerprint density at radius 3 is 2.77 bits per heavy atom. The first-order valence-corrected chi connectivity index (χ1v) is 10.7. The van der Waals surface area contributed by atoms with Crippen molar-refractivity contribution in [2.75, 3.05) is 26.1 Å². The molecular formula is C22H30N6O3. The van der Waals surface area contributed by atoms with Gasteiger partial charge in [0.15, 0.2) is 0 Å². The van der Waals surface area contributed by atoms with E-state index in [-0.39, 0.29) is 12.1 Å². The number of rotatable bonds is 8. The van der Waals surface area contributed by atoms with E-state index < -0.39 is 0 Å². The molecule has 3 aromatic rings. The van der Waals surface area contributed by atoms with Crippen LogP contribution in [0.15, 0.2) is 30.6 Å². The summed E-state index contributed by atoms with van der Waals surface area (Å²) in [6.45, 7) is 2.60. The fourth-order valence-electron chi connectivity index (χ4n) is 4.22. The van der Waals surface area contributed by atoms with Gasteiger partial charge < -0.3 is 20.0 Å². The molecule has 0 unspecified atom stereocenters. The van der Waals surface area contributed by atoms with Gasteiger partial charge in [-0.15, -0.1) is 5.10 Å². The summed E-state index contributed by atoms with van der Waals surface area (Å²) in [6.07, 6.45) is 6.86. The highest BCUT2D eigenvalue weighted by atomic mass is 16.6. The van der Waals surface area contributed by atoms with Crippen molar-refractivity contribution in [1.82, 2.24) is 25.1 Å². The minimum Gasteiger partial charge on any atom is -0.393 e. The van der Waals surface area contributed by atoms with Gasteiger partial charge in [0, 0.05) is 49.6 Å². The van der Waals surface area contributed by atoms with Crippen molar-refractivity contribution < 1.29 is 14.7 Å². The number of ether oxygens (including phenoxy) is 1. The van der Waals surface area contributed by atoms with Crippen LogP contribution in [0.5, 0.6) is 5.88 Å². The minimum absolute atomic E-state index is 0.0900. The van der Waals surface area contributed by atoms with E-state index >= 15 is 0 Å². The summed E-state index contributed by atoms with van der Waals surface area (Å²) in [6, 6.07) is 6.13. The molecular weight excluding hydrogens is 396 g/mol. The van der Waals surface area contributed by atoms with Gasteiger partial charge >= 0.3 is 0 Å². The van der Waals surface area contributed by atoms with Crippen LogP contribution in [0.2, 0.25) is 0 Å². The maximum absolute atomic E-state index is 9.96. The van der Waals surface area contributed by atoms with Crippen molar-refractivity contribution in [2.24, 2.45) is 0 Å². The number of aromatic nitrogens is 4. The molecule has 1 atom stereocenters. The molecule has 0 radical (unpaired) electrons. The number of hydroxylamine groups is 1. The molecule has 3 N–H and O–H groups in total. The first kappa shape index (κ1) is 21.5. The van der Waals surface area contributed by atoms with Gasteiger partial charge in [0.1, 0.15) is 0 Å². The summed E-state index contributed by atoms with van der Waals surface area (Å²) in [4.78, 5) is 14.1. The number of hydrogen-bond donors (Lipinski definition) is 3. The molecule has 0 aliphatic heterocycles. The molecule has 0 aromatic carbocycles. The van der Waals surface area contributed by atoms with Crippen LogP contribution in [0.3, 0.4) is 0 Å². The highest BCUT2D eigenvalue weighted by Crippen LogP contribution is 2.38. The van der Waals surface area contributed by atoms with Crippen LogP contribution in [-0.4, -0.2) is 57.6 Å². The monoisotopic (exact) mass is 426 g/mol. The first-order chi connectivity index (χ1) is 15.1. The summed E-state index contributed by atoms with van der Waals surface area (Å²) in [5, 5.41) is 18.1. The van der Waals surface area contributed by atoms with Gasteiger partial charge in [0.2, 0.25) is 11.8 Å². The van der Waals surface area contributed by atoms with Crippen molar-refractivity contribution in [3.63, 3.8) is 0 Å². The Labute approximate surface area is 181 Å². The fraction of sp³-hybridized carbons (Fsp3) is 0.500. The Morgan fingerprint density at radius 2 is 2.03 bits per heavy atom. The predicted molar refractivity (Wildman–Crippen MR) is 118 cm³/mol. The van der Waals surface area contributed by atoms with Crippen LogP contribution in [0, 0.1) is 0 Å². The molecule has 3 aromatic heterocycles. The number of aliphatic hydroxyl groups is 1. The van der Waals surface area contributed by atoms with Crippen LogP contribution in [-0.2, 0) is 4.74 Å². The normalized spacial score (nSPS) is 20.0. The highest BCUT2D eigenvalue weighted by molar-refractivity contribution is 5.81. The molecule has 1 aliphatic carbocycles. The maximum atomic E-state index is 9.96. The number of pyridine rings is 1. The largest absolute Gasteiger partial charge is 0.393 e. The Morgan fingerprint density at radius 1 is 1.23 bits per heavy atom. The number of nitrogens with one attached hydrogen (secondary N) is 2. The van der Waals surface area contributed by atoms with E-state index in [0.717, 1.165) is 48.0 Å². The lowest BCUT2D eigenvalue weighted by atomic mass is 9.85. The van der Waals surface area contributed by atoms with E-state index in [1.165, 1.54) is 0 Å². The molecule has 0 bridgehead atoms. The van der Waals surface area contributed by atoms with Crippen molar-refractivity contribution in [3.8, 4) is 17.0 Å². The number of anilines is 1. The van der Waals surface area contributed by atoms with Crippen molar-refractivity contribution in [1.29, 1.82) is 0 Å². The quantitative estimate of drug-likeness (QED) is 0.472. The summed E-state index contributed by atoms with van der Waals surface area (Å²) in [5.74, 6) is 1.39. The molecule has 0 saturated heterocycles. The summed E-state index contributed by atoms with van der Waals surface area (Å²) >= 11 is 0. The van der Waals surface area contributed by atoms with Crippen LogP contribution in [0.1, 0.15) is 44.2 Å². The van der Waals surface area contributed by atoms with E-state index in [2.05, 4.69) is 26.8 Å². The van der Waals surface area contributed by atoms with Crippen molar-refractivity contribution in [3.05, 3.63) is 36.3 Å². The molecule has 3 heterocycles. The third-order valence-electron chi connectivity index (χ3n) is 5.70. The molecule has 31 heavy (non-hydrogen) atoms. The van der Waals surface area contributed by atoms with Gasteiger partial charge in [-0.05, 0) is 50.3 Å². The fourth-order valence-corrected chi connectivity index (χ4v) is 4.22. The SMILES string of the molecule is CNOc1cc(-c2cc([C@H]3CC[C@H](O)CC3)n3nc(N[C@@H](C)COC)ncc23)ccn1. The lowest BCUT2D eigenvalue weighted by Gasteiger charge is -2.25. The van der Waals surface area contributed by atoms with E-state index in [4.69, 9.17) is 14.7 Å². The van der Waals surface area contributed by atoms with Crippen LogP contribution < -0.4 is 15.6 Å². The Bertz CT molecular complexity index is 1020. The third kappa shape index (κ3) is 4.79. The van der Waals surface area contributed by atoms with Crippen molar-refractivity contribution >= 4 is 11.5 Å². The number of aliphatic hydroxyl groups excluding tert-OH is 1. The Balaban J connectivity index is 1.77. The van der Waals surface area contributed by atoms with E-state index in [1.807, 2.05) is 29.8 Å². The second kappa shape index (κ2) is 9.59. The first-order valence-electron chi connectivity index (χ1n) is 10.7. The zero-order valence-corrected chi connectivity index (χ0v) is 18.2. The van der Waals surface area contributed by atoms with Crippen LogP contribution >= 0.6 is 0 Å².